The Morgan fingerprint density at radius 1 is 1.45 bits per heavy atom. The Bertz CT molecular complexity index is 217. The van der Waals surface area contributed by atoms with E-state index in [1.54, 1.807) is 0 Å². The van der Waals surface area contributed by atoms with E-state index in [1.165, 1.54) is 0 Å². The van der Waals surface area contributed by atoms with Crippen LogP contribution in [0.5, 0.6) is 0 Å². The predicted octanol–water partition coefficient (Wildman–Crippen LogP) is -1.61. The molecule has 0 saturated heterocycles. The third-order valence-electron chi connectivity index (χ3n) is 0.460. The van der Waals surface area contributed by atoms with Gasteiger partial charge in [0.05, 0.1) is 13.2 Å². The van der Waals surface area contributed by atoms with Crippen LogP contribution in [0.4, 0.5) is 0 Å². The van der Waals surface area contributed by atoms with Gasteiger partial charge in [-0.1, -0.05) is 0 Å². The maximum atomic E-state index is 10.3. The summed E-state index contributed by atoms with van der Waals surface area (Å²) in [6, 6.07) is 0. The average Bonchev–Trinajstić information content (AvgIpc) is 1.81. The molecule has 0 aliphatic carbocycles. The second-order valence-corrected chi connectivity index (χ2v) is 3.27. The fourth-order valence-corrected chi connectivity index (χ4v) is 1.24. The van der Waals surface area contributed by atoms with E-state index < -0.39 is 35.0 Å². The molecule has 68 valence electrons. The molecule has 7 nitrogen and oxygen atoms in total. The second kappa shape index (κ2) is 4.74. The number of hydrogen-bond acceptors (Lipinski definition) is 6. The van der Waals surface area contributed by atoms with Gasteiger partial charge in [-0.25, -0.2) is 4.18 Å². The summed E-state index contributed by atoms with van der Waals surface area (Å²) in [5.41, 5.74) is 0. The summed E-state index contributed by atoms with van der Waals surface area (Å²) in [4.78, 5) is 0. The Kier molecular flexibility index (Phi) is 4.72. The molecule has 0 aromatic rings. The van der Waals surface area contributed by atoms with Gasteiger partial charge in [0.1, 0.15) is 0 Å². The molecular formula is C2H6O7S2. The van der Waals surface area contributed by atoms with Crippen molar-refractivity contribution in [3.63, 3.8) is 0 Å². The van der Waals surface area contributed by atoms with E-state index in [2.05, 4.69) is 7.81 Å². The highest BCUT2D eigenvalue weighted by Gasteiger charge is 2.14. The summed E-state index contributed by atoms with van der Waals surface area (Å²) < 4.78 is 45.5. The molecule has 0 heterocycles. The molecule has 9 heteroatoms. The summed E-state index contributed by atoms with van der Waals surface area (Å²) >= 11 is -2.93. The Morgan fingerprint density at radius 2 is 2.00 bits per heavy atom. The summed E-state index contributed by atoms with van der Waals surface area (Å²) in [7, 11) is -4.45. The normalized spacial score (nSPS) is 14.7. The summed E-state index contributed by atoms with van der Waals surface area (Å²) in [5.74, 6) is 0. The maximum Gasteiger partial charge on any atom is 0.414 e. The first kappa shape index (κ1) is 10.9. The van der Waals surface area contributed by atoms with E-state index in [-0.39, 0.29) is 0 Å². The Labute approximate surface area is 65.8 Å². The van der Waals surface area contributed by atoms with Crippen LogP contribution in [0.1, 0.15) is 0 Å². The number of rotatable bonds is 5. The van der Waals surface area contributed by atoms with Gasteiger partial charge in [-0.2, -0.15) is 12.6 Å². The van der Waals surface area contributed by atoms with Gasteiger partial charge in [0.2, 0.25) is 0 Å². The lowest BCUT2D eigenvalue weighted by Crippen LogP contribution is -2.13. The van der Waals surface area contributed by atoms with Crippen molar-refractivity contribution >= 4 is 21.8 Å². The van der Waals surface area contributed by atoms with Crippen molar-refractivity contribution in [3.05, 3.63) is 0 Å². The predicted molar refractivity (Wildman–Crippen MR) is 33.8 cm³/mol. The zero-order valence-corrected chi connectivity index (χ0v) is 6.80. The molecule has 0 fully saturated rings. The van der Waals surface area contributed by atoms with Crippen molar-refractivity contribution in [2.45, 2.75) is 0 Å². The van der Waals surface area contributed by atoms with Crippen molar-refractivity contribution in [1.29, 1.82) is 0 Å². The van der Waals surface area contributed by atoms with E-state index >= 15 is 0 Å². The molecule has 0 radical (unpaired) electrons. The Balaban J connectivity index is 3.92. The van der Waals surface area contributed by atoms with Gasteiger partial charge in [-0.05, 0) is 0 Å². The lowest BCUT2D eigenvalue weighted by Gasteiger charge is -1.98. The number of aliphatic hydroxyl groups excluding tert-OH is 1. The SMILES string of the molecule is O=S(O)OS(=O)(=O)OCCO. The molecular weight excluding hydrogens is 200 g/mol. The molecule has 1 atom stereocenters. The van der Waals surface area contributed by atoms with Crippen LogP contribution in [0.25, 0.3) is 0 Å². The summed E-state index contributed by atoms with van der Waals surface area (Å²) in [6.07, 6.45) is 0. The monoisotopic (exact) mass is 206 g/mol. The van der Waals surface area contributed by atoms with Gasteiger partial charge in [0, 0.05) is 0 Å². The Hall–Kier alpha value is -0.0600. The standard InChI is InChI=1S/C2H6O7S2/c3-1-2-8-11(6,7)9-10(4)5/h3H,1-2H2,(H,4,5). The third-order valence-corrected chi connectivity index (χ3v) is 2.05. The lowest BCUT2D eigenvalue weighted by atomic mass is 10.8. The minimum atomic E-state index is -4.45. The van der Waals surface area contributed by atoms with Crippen LogP contribution in [-0.2, 0) is 29.6 Å². The largest absolute Gasteiger partial charge is 0.414 e. The van der Waals surface area contributed by atoms with Crippen LogP contribution in [-0.4, -0.2) is 35.5 Å². The van der Waals surface area contributed by atoms with Gasteiger partial charge >= 0.3 is 21.8 Å². The van der Waals surface area contributed by atoms with Crippen LogP contribution in [0.15, 0.2) is 0 Å². The highest BCUT2D eigenvalue weighted by molar-refractivity contribution is 7.92. The maximum absolute atomic E-state index is 10.3. The topological polar surface area (TPSA) is 110 Å². The molecule has 0 aromatic heterocycles. The highest BCUT2D eigenvalue weighted by Crippen LogP contribution is 1.96. The van der Waals surface area contributed by atoms with E-state index in [4.69, 9.17) is 9.66 Å². The molecule has 1 unspecified atom stereocenters. The van der Waals surface area contributed by atoms with Gasteiger partial charge < -0.3 is 5.11 Å². The fraction of sp³-hybridized carbons (Fsp3) is 1.00. The molecule has 11 heavy (non-hydrogen) atoms. The van der Waals surface area contributed by atoms with Gasteiger partial charge in [0.15, 0.2) is 0 Å². The van der Waals surface area contributed by atoms with Crippen molar-refractivity contribution in [2.75, 3.05) is 13.2 Å². The first-order chi connectivity index (χ1) is 4.98. The first-order valence-corrected chi connectivity index (χ1v) is 4.65. The molecule has 2 N–H and O–H groups in total. The lowest BCUT2D eigenvalue weighted by molar-refractivity contribution is 0.190. The second-order valence-electron chi connectivity index (χ2n) is 1.24. The van der Waals surface area contributed by atoms with Gasteiger partial charge in [0.25, 0.3) is 0 Å². The third kappa shape index (κ3) is 6.34. The quantitative estimate of drug-likeness (QED) is 0.521. The molecule has 0 aliphatic rings. The molecule has 0 saturated carbocycles. The summed E-state index contributed by atoms with van der Waals surface area (Å²) in [6.45, 7) is -1.04. The zero-order valence-electron chi connectivity index (χ0n) is 5.17. The molecule has 0 amide bonds. The van der Waals surface area contributed by atoms with Gasteiger partial charge in [-0.15, -0.1) is 3.63 Å². The minimum Gasteiger partial charge on any atom is -0.394 e. The minimum absolute atomic E-state index is 0.514. The zero-order chi connectivity index (χ0) is 8.91. The highest BCUT2D eigenvalue weighted by atomic mass is 32.3. The molecule has 0 aromatic carbocycles. The van der Waals surface area contributed by atoms with E-state index in [9.17, 15) is 12.6 Å². The molecule has 0 rings (SSSR count). The van der Waals surface area contributed by atoms with Crippen LogP contribution in [0.3, 0.4) is 0 Å². The number of hydrogen-bond donors (Lipinski definition) is 2. The summed E-state index contributed by atoms with van der Waals surface area (Å²) in [5, 5.41) is 8.08. The average molecular weight is 206 g/mol. The van der Waals surface area contributed by atoms with Crippen LogP contribution >= 0.6 is 0 Å². The number of aliphatic hydroxyl groups is 1. The van der Waals surface area contributed by atoms with E-state index in [1.807, 2.05) is 0 Å². The van der Waals surface area contributed by atoms with Crippen LogP contribution in [0.2, 0.25) is 0 Å². The Morgan fingerprint density at radius 3 is 2.36 bits per heavy atom. The van der Waals surface area contributed by atoms with Crippen molar-refractivity contribution in [2.24, 2.45) is 0 Å². The van der Waals surface area contributed by atoms with Crippen molar-refractivity contribution < 1.29 is 30.1 Å². The molecule has 0 spiro atoms. The molecule has 0 aliphatic heterocycles. The van der Waals surface area contributed by atoms with E-state index in [0.29, 0.717) is 0 Å². The van der Waals surface area contributed by atoms with Crippen LogP contribution in [0, 0.1) is 0 Å². The van der Waals surface area contributed by atoms with E-state index in [0.717, 1.165) is 0 Å². The smallest absolute Gasteiger partial charge is 0.394 e. The van der Waals surface area contributed by atoms with Crippen molar-refractivity contribution in [1.82, 2.24) is 0 Å². The molecule has 0 bridgehead atoms. The first-order valence-electron chi connectivity index (χ1n) is 2.29. The fourth-order valence-electron chi connectivity index (χ4n) is 0.230. The van der Waals surface area contributed by atoms with Crippen molar-refractivity contribution in [3.8, 4) is 0 Å². The van der Waals surface area contributed by atoms with Gasteiger partial charge in [-0.3, -0.25) is 4.55 Å². The van der Waals surface area contributed by atoms with Crippen LogP contribution < -0.4 is 0 Å².